The van der Waals surface area contributed by atoms with E-state index in [0.29, 0.717) is 0 Å². The number of nitrogens with one attached hydrogen (secondary N) is 1. The zero-order valence-electron chi connectivity index (χ0n) is 7.13. The number of hydrogen-bond acceptors (Lipinski definition) is 2. The molecule has 0 atom stereocenters. The summed E-state index contributed by atoms with van der Waals surface area (Å²) in [6, 6.07) is 0. The molecule has 0 aliphatic carbocycles. The third kappa shape index (κ3) is 9.91. The van der Waals surface area contributed by atoms with Crippen LogP contribution in [0.25, 0.3) is 0 Å². The van der Waals surface area contributed by atoms with Gasteiger partial charge >= 0.3 is 0 Å². The maximum Gasteiger partial charge on any atom is 0.209 e. The van der Waals surface area contributed by atoms with E-state index in [0.717, 1.165) is 31.9 Å². The van der Waals surface area contributed by atoms with Crippen LogP contribution in [-0.4, -0.2) is 14.7 Å². The molecule has 0 fully saturated rings. The zero-order valence-corrected chi connectivity index (χ0v) is 7.95. The molecule has 0 rings (SSSR count). The minimum atomic E-state index is -3.02. The Bertz CT molecular complexity index is 175. The summed E-state index contributed by atoms with van der Waals surface area (Å²) in [5.74, 6) is 0. The summed E-state index contributed by atoms with van der Waals surface area (Å²) in [5, 5.41) is 0. The molecule has 3 nitrogen and oxygen atoms in total. The second-order valence-electron chi connectivity index (χ2n) is 2.59. The number of hydrogen-bond donors (Lipinski definition) is 1. The molecule has 0 aromatic carbocycles. The maximum absolute atomic E-state index is 10.5. The molecule has 0 amide bonds. The molecule has 0 aromatic heterocycles. The van der Waals surface area contributed by atoms with Gasteiger partial charge in [0.2, 0.25) is 10.0 Å². The third-order valence-corrected chi connectivity index (χ3v) is 1.84. The Balaban J connectivity index is 3.16. The highest BCUT2D eigenvalue weighted by Gasteiger charge is 1.97. The van der Waals surface area contributed by atoms with E-state index in [1.54, 1.807) is 6.54 Å². The van der Waals surface area contributed by atoms with E-state index >= 15 is 0 Å². The van der Waals surface area contributed by atoms with E-state index < -0.39 is 10.0 Å². The number of sulfonamides is 1. The first-order valence-corrected chi connectivity index (χ1v) is 5.74. The molecular weight excluding hydrogens is 162 g/mol. The van der Waals surface area contributed by atoms with Crippen molar-refractivity contribution >= 4 is 10.0 Å². The second-order valence-corrected chi connectivity index (χ2v) is 4.37. The average Bonchev–Trinajstić information content (AvgIpc) is 1.85. The number of unbranched alkanes of at least 4 members (excludes halogenated alkanes) is 3. The average molecular weight is 178 g/mol. The first-order chi connectivity index (χ1) is 5.06. The molecule has 0 aliphatic rings. The van der Waals surface area contributed by atoms with Gasteiger partial charge in [0.25, 0.3) is 0 Å². The topological polar surface area (TPSA) is 46.2 Å². The summed E-state index contributed by atoms with van der Waals surface area (Å²) in [7, 11) is -3.02. The lowest BCUT2D eigenvalue weighted by Crippen LogP contribution is -2.18. The van der Waals surface area contributed by atoms with E-state index in [2.05, 4.69) is 11.6 Å². The van der Waals surface area contributed by atoms with Crippen molar-refractivity contribution in [2.24, 2.45) is 0 Å². The van der Waals surface area contributed by atoms with Gasteiger partial charge in [0.05, 0.1) is 6.26 Å². The SMILES string of the molecule is CCCCC[CH]NS(C)(=O)=O. The highest BCUT2D eigenvalue weighted by atomic mass is 32.2. The molecule has 4 heteroatoms. The molecule has 0 heterocycles. The van der Waals surface area contributed by atoms with E-state index in [9.17, 15) is 8.42 Å². The molecule has 0 saturated heterocycles. The molecule has 0 saturated carbocycles. The Morgan fingerprint density at radius 2 is 2.00 bits per heavy atom. The number of rotatable bonds is 6. The fourth-order valence-electron chi connectivity index (χ4n) is 0.707. The summed E-state index contributed by atoms with van der Waals surface area (Å²) >= 11 is 0. The second kappa shape index (κ2) is 5.55. The van der Waals surface area contributed by atoms with Crippen molar-refractivity contribution in [3.8, 4) is 0 Å². The summed E-state index contributed by atoms with van der Waals surface area (Å²) in [6.45, 7) is 3.72. The first-order valence-electron chi connectivity index (χ1n) is 3.85. The third-order valence-electron chi connectivity index (χ3n) is 1.25. The van der Waals surface area contributed by atoms with E-state index in [1.165, 1.54) is 0 Å². The van der Waals surface area contributed by atoms with Gasteiger partial charge in [0.1, 0.15) is 0 Å². The lowest BCUT2D eigenvalue weighted by atomic mass is 10.2. The lowest BCUT2D eigenvalue weighted by Gasteiger charge is -1.99. The van der Waals surface area contributed by atoms with Crippen LogP contribution in [0, 0.1) is 6.54 Å². The molecule has 0 aliphatic heterocycles. The van der Waals surface area contributed by atoms with Crippen LogP contribution in [0.15, 0.2) is 0 Å². The lowest BCUT2D eigenvalue weighted by molar-refractivity contribution is 0.590. The Kier molecular flexibility index (Phi) is 5.50. The Morgan fingerprint density at radius 3 is 2.45 bits per heavy atom. The van der Waals surface area contributed by atoms with Crippen molar-refractivity contribution in [2.75, 3.05) is 6.26 Å². The van der Waals surface area contributed by atoms with Crippen LogP contribution in [0.2, 0.25) is 0 Å². The van der Waals surface area contributed by atoms with Gasteiger partial charge in [-0.1, -0.05) is 26.2 Å². The monoisotopic (exact) mass is 178 g/mol. The van der Waals surface area contributed by atoms with E-state index in [-0.39, 0.29) is 0 Å². The minimum absolute atomic E-state index is 0.820. The zero-order chi connectivity index (χ0) is 8.74. The van der Waals surface area contributed by atoms with Gasteiger partial charge in [0.15, 0.2) is 0 Å². The standard InChI is InChI=1S/C7H16NO2S/c1-3-4-5-6-7-8-11(2,9)10/h7-8H,3-6H2,1-2H3. The predicted molar refractivity (Wildman–Crippen MR) is 46.4 cm³/mol. The molecule has 0 unspecified atom stereocenters. The van der Waals surface area contributed by atoms with Gasteiger partial charge in [-0.05, 0) is 6.42 Å². The summed E-state index contributed by atoms with van der Waals surface area (Å²) in [5.41, 5.74) is 0. The van der Waals surface area contributed by atoms with Gasteiger partial charge in [-0.15, -0.1) is 0 Å². The van der Waals surface area contributed by atoms with Crippen LogP contribution in [-0.2, 0) is 10.0 Å². The van der Waals surface area contributed by atoms with Crippen LogP contribution in [0.3, 0.4) is 0 Å². The Labute approximate surface area is 69.2 Å². The van der Waals surface area contributed by atoms with Crippen LogP contribution < -0.4 is 4.72 Å². The molecule has 67 valence electrons. The van der Waals surface area contributed by atoms with E-state index in [4.69, 9.17) is 0 Å². The summed E-state index contributed by atoms with van der Waals surface area (Å²) < 4.78 is 23.4. The summed E-state index contributed by atoms with van der Waals surface area (Å²) in [6.07, 6.45) is 5.35. The fraction of sp³-hybridized carbons (Fsp3) is 0.857. The van der Waals surface area contributed by atoms with Crippen molar-refractivity contribution < 1.29 is 8.42 Å². The fourth-order valence-corrected chi connectivity index (χ4v) is 1.13. The van der Waals surface area contributed by atoms with Crippen LogP contribution in [0.4, 0.5) is 0 Å². The van der Waals surface area contributed by atoms with Crippen molar-refractivity contribution in [1.29, 1.82) is 0 Å². The van der Waals surface area contributed by atoms with Gasteiger partial charge in [-0.2, -0.15) is 0 Å². The Morgan fingerprint density at radius 1 is 1.36 bits per heavy atom. The van der Waals surface area contributed by atoms with E-state index in [1.807, 2.05) is 0 Å². The van der Waals surface area contributed by atoms with Gasteiger partial charge in [-0.25, -0.2) is 13.1 Å². The molecule has 11 heavy (non-hydrogen) atoms. The minimum Gasteiger partial charge on any atom is -0.213 e. The smallest absolute Gasteiger partial charge is 0.209 e. The largest absolute Gasteiger partial charge is 0.213 e. The molecule has 0 spiro atoms. The maximum atomic E-state index is 10.5. The van der Waals surface area contributed by atoms with Gasteiger partial charge in [-0.3, -0.25) is 0 Å². The van der Waals surface area contributed by atoms with Crippen molar-refractivity contribution in [2.45, 2.75) is 32.6 Å². The molecule has 1 radical (unpaired) electrons. The van der Waals surface area contributed by atoms with Crippen molar-refractivity contribution in [3.05, 3.63) is 6.54 Å². The van der Waals surface area contributed by atoms with Crippen LogP contribution >= 0.6 is 0 Å². The molecule has 1 N–H and O–H groups in total. The van der Waals surface area contributed by atoms with Gasteiger partial charge in [0, 0.05) is 6.54 Å². The normalized spacial score (nSPS) is 11.8. The highest BCUT2D eigenvalue weighted by molar-refractivity contribution is 7.88. The molecule has 0 bridgehead atoms. The van der Waals surface area contributed by atoms with Crippen LogP contribution in [0.5, 0.6) is 0 Å². The highest BCUT2D eigenvalue weighted by Crippen LogP contribution is 1.99. The Hall–Kier alpha value is -0.0900. The predicted octanol–water partition coefficient (Wildman–Crippen LogP) is 1.28. The van der Waals surface area contributed by atoms with Crippen molar-refractivity contribution in [3.63, 3.8) is 0 Å². The van der Waals surface area contributed by atoms with Crippen molar-refractivity contribution in [1.82, 2.24) is 4.72 Å². The first kappa shape index (κ1) is 10.9. The quantitative estimate of drug-likeness (QED) is 0.623. The van der Waals surface area contributed by atoms with Gasteiger partial charge < -0.3 is 0 Å². The summed E-state index contributed by atoms with van der Waals surface area (Å²) in [4.78, 5) is 0. The van der Waals surface area contributed by atoms with Crippen LogP contribution in [0.1, 0.15) is 32.6 Å². The molecule has 0 aromatic rings. The molecular formula is C7H16NO2S.